The number of amides is 1. The summed E-state index contributed by atoms with van der Waals surface area (Å²) in [6.45, 7) is 5.65. The van der Waals surface area contributed by atoms with Crippen LogP contribution in [0.15, 0.2) is 18.2 Å². The monoisotopic (exact) mass is 293 g/mol. The third kappa shape index (κ3) is 4.77. The molecule has 1 N–H and O–H groups in total. The molecule has 1 atom stereocenters. The summed E-state index contributed by atoms with van der Waals surface area (Å²) >= 11 is 0. The van der Waals surface area contributed by atoms with Crippen LogP contribution < -0.4 is 10.1 Å². The number of methoxy groups -OCH3 is 2. The van der Waals surface area contributed by atoms with Crippen molar-refractivity contribution >= 4 is 11.9 Å². The summed E-state index contributed by atoms with van der Waals surface area (Å²) in [7, 11) is 2.92. The van der Waals surface area contributed by atoms with Crippen molar-refractivity contribution in [3.63, 3.8) is 0 Å². The number of hydrogen-bond acceptors (Lipinski definition) is 4. The second kappa shape index (κ2) is 7.67. The number of nitrogens with one attached hydrogen (secondary N) is 1. The van der Waals surface area contributed by atoms with E-state index in [4.69, 9.17) is 9.47 Å². The van der Waals surface area contributed by atoms with Crippen molar-refractivity contribution in [1.82, 2.24) is 5.32 Å². The lowest BCUT2D eigenvalue weighted by molar-refractivity contribution is -0.146. The van der Waals surface area contributed by atoms with Crippen LogP contribution >= 0.6 is 0 Å². The number of hydrogen-bond donors (Lipinski definition) is 1. The zero-order valence-corrected chi connectivity index (χ0v) is 13.2. The second-order valence-electron chi connectivity index (χ2n) is 5.28. The lowest BCUT2D eigenvalue weighted by Crippen LogP contribution is -2.45. The van der Waals surface area contributed by atoms with Gasteiger partial charge in [-0.25, -0.2) is 4.79 Å². The molecule has 0 aliphatic heterocycles. The first-order chi connectivity index (χ1) is 9.88. The van der Waals surface area contributed by atoms with E-state index in [1.807, 2.05) is 39.0 Å². The van der Waals surface area contributed by atoms with E-state index < -0.39 is 12.0 Å². The number of aryl methyl sites for hydroxylation is 1. The van der Waals surface area contributed by atoms with Gasteiger partial charge < -0.3 is 14.8 Å². The highest BCUT2D eigenvalue weighted by Crippen LogP contribution is 2.17. The summed E-state index contributed by atoms with van der Waals surface area (Å²) in [4.78, 5) is 23.7. The van der Waals surface area contributed by atoms with E-state index in [0.717, 1.165) is 16.9 Å². The molecule has 0 aliphatic rings. The van der Waals surface area contributed by atoms with Crippen LogP contribution in [0.2, 0.25) is 0 Å². The van der Waals surface area contributed by atoms with Gasteiger partial charge in [-0.15, -0.1) is 0 Å². The second-order valence-corrected chi connectivity index (χ2v) is 5.28. The lowest BCUT2D eigenvalue weighted by atomic mass is 10.0. The van der Waals surface area contributed by atoms with Gasteiger partial charge in [0.05, 0.1) is 20.6 Å². The number of esters is 1. The molecule has 0 heterocycles. The molecular formula is C16H23NO4. The van der Waals surface area contributed by atoms with Crippen molar-refractivity contribution in [2.45, 2.75) is 33.2 Å². The predicted molar refractivity (Wildman–Crippen MR) is 80.2 cm³/mol. The van der Waals surface area contributed by atoms with Crippen LogP contribution in [0.1, 0.15) is 25.0 Å². The average molecular weight is 293 g/mol. The zero-order chi connectivity index (χ0) is 16.0. The van der Waals surface area contributed by atoms with Crippen LogP contribution in [0.4, 0.5) is 0 Å². The number of ether oxygens (including phenoxy) is 2. The fraction of sp³-hybridized carbons (Fsp3) is 0.500. The summed E-state index contributed by atoms with van der Waals surface area (Å²) in [5.41, 5.74) is 1.88. The first-order valence-corrected chi connectivity index (χ1v) is 6.89. The molecule has 1 amide bonds. The summed E-state index contributed by atoms with van der Waals surface area (Å²) in [6, 6.07) is 4.93. The normalized spacial score (nSPS) is 11.9. The average Bonchev–Trinajstić information content (AvgIpc) is 2.45. The highest BCUT2D eigenvalue weighted by Gasteiger charge is 2.24. The Kier molecular flexibility index (Phi) is 6.21. The Morgan fingerprint density at radius 2 is 1.90 bits per heavy atom. The summed E-state index contributed by atoms with van der Waals surface area (Å²) in [6.07, 6.45) is 0.218. The predicted octanol–water partition coefficient (Wildman–Crippen LogP) is 1.86. The first kappa shape index (κ1) is 17.0. The molecule has 0 fully saturated rings. The number of benzene rings is 1. The molecule has 0 saturated carbocycles. The molecule has 21 heavy (non-hydrogen) atoms. The molecule has 0 bridgehead atoms. The van der Waals surface area contributed by atoms with Gasteiger partial charge in [0.1, 0.15) is 11.8 Å². The Labute approximate surface area is 125 Å². The topological polar surface area (TPSA) is 64.6 Å². The summed E-state index contributed by atoms with van der Waals surface area (Å²) in [5.74, 6) is 0.0989. The zero-order valence-electron chi connectivity index (χ0n) is 13.2. The quantitative estimate of drug-likeness (QED) is 0.813. The minimum atomic E-state index is -0.624. The van der Waals surface area contributed by atoms with Crippen molar-refractivity contribution in [2.24, 2.45) is 5.92 Å². The van der Waals surface area contributed by atoms with Crippen LogP contribution in [0.25, 0.3) is 0 Å². The Bertz CT molecular complexity index is 511. The van der Waals surface area contributed by atoms with E-state index in [9.17, 15) is 9.59 Å². The Hall–Kier alpha value is -2.04. The van der Waals surface area contributed by atoms with E-state index in [-0.39, 0.29) is 18.2 Å². The third-order valence-electron chi connectivity index (χ3n) is 3.34. The molecule has 0 saturated heterocycles. The molecule has 1 aromatic rings. The molecular weight excluding hydrogens is 270 g/mol. The van der Waals surface area contributed by atoms with E-state index in [0.29, 0.717) is 0 Å². The van der Waals surface area contributed by atoms with Gasteiger partial charge in [-0.2, -0.15) is 0 Å². The standard InChI is InChI=1S/C16H23NO4/c1-10(2)15(16(19)21-5)17-14(18)9-12-6-7-13(20-4)8-11(12)3/h6-8,10,15H,9H2,1-5H3,(H,17,18). The fourth-order valence-electron chi connectivity index (χ4n) is 2.02. The van der Waals surface area contributed by atoms with Gasteiger partial charge >= 0.3 is 5.97 Å². The van der Waals surface area contributed by atoms with Gasteiger partial charge in [0, 0.05) is 0 Å². The minimum absolute atomic E-state index is 0.0293. The maximum absolute atomic E-state index is 12.1. The third-order valence-corrected chi connectivity index (χ3v) is 3.34. The summed E-state index contributed by atoms with van der Waals surface area (Å²) in [5, 5.41) is 2.73. The van der Waals surface area contributed by atoms with Crippen molar-refractivity contribution in [3.05, 3.63) is 29.3 Å². The lowest BCUT2D eigenvalue weighted by Gasteiger charge is -2.20. The maximum atomic E-state index is 12.1. The molecule has 0 aromatic heterocycles. The molecule has 116 valence electrons. The van der Waals surface area contributed by atoms with Crippen LogP contribution in [-0.4, -0.2) is 32.1 Å². The summed E-state index contributed by atoms with van der Waals surface area (Å²) < 4.78 is 9.84. The Morgan fingerprint density at radius 3 is 2.38 bits per heavy atom. The number of carbonyl (C=O) groups is 2. The minimum Gasteiger partial charge on any atom is -0.497 e. The van der Waals surface area contributed by atoms with E-state index in [1.165, 1.54) is 7.11 Å². The van der Waals surface area contributed by atoms with Gasteiger partial charge in [-0.3, -0.25) is 4.79 Å². The molecule has 1 rings (SSSR count). The molecule has 5 heteroatoms. The van der Waals surface area contributed by atoms with E-state index >= 15 is 0 Å². The van der Waals surface area contributed by atoms with Crippen LogP contribution in [0, 0.1) is 12.8 Å². The van der Waals surface area contributed by atoms with Gasteiger partial charge in [0.15, 0.2) is 0 Å². The molecule has 0 radical (unpaired) electrons. The van der Waals surface area contributed by atoms with Crippen molar-refractivity contribution in [3.8, 4) is 5.75 Å². The van der Waals surface area contributed by atoms with Crippen molar-refractivity contribution in [2.75, 3.05) is 14.2 Å². The molecule has 0 aliphatic carbocycles. The molecule has 1 aromatic carbocycles. The number of carbonyl (C=O) groups excluding carboxylic acids is 2. The van der Waals surface area contributed by atoms with E-state index in [1.54, 1.807) is 7.11 Å². The highest BCUT2D eigenvalue weighted by atomic mass is 16.5. The van der Waals surface area contributed by atoms with E-state index in [2.05, 4.69) is 5.32 Å². The Balaban J connectivity index is 2.74. The highest BCUT2D eigenvalue weighted by molar-refractivity contribution is 5.86. The van der Waals surface area contributed by atoms with Gasteiger partial charge in [-0.05, 0) is 36.1 Å². The van der Waals surface area contributed by atoms with Crippen LogP contribution in [0.3, 0.4) is 0 Å². The van der Waals surface area contributed by atoms with Gasteiger partial charge in [0.25, 0.3) is 0 Å². The maximum Gasteiger partial charge on any atom is 0.328 e. The Morgan fingerprint density at radius 1 is 1.24 bits per heavy atom. The molecule has 0 spiro atoms. The van der Waals surface area contributed by atoms with Crippen LogP contribution in [0.5, 0.6) is 5.75 Å². The van der Waals surface area contributed by atoms with Crippen molar-refractivity contribution in [1.29, 1.82) is 0 Å². The van der Waals surface area contributed by atoms with Gasteiger partial charge in [0.2, 0.25) is 5.91 Å². The molecule has 5 nitrogen and oxygen atoms in total. The fourth-order valence-corrected chi connectivity index (χ4v) is 2.02. The van der Waals surface area contributed by atoms with Gasteiger partial charge in [-0.1, -0.05) is 19.9 Å². The van der Waals surface area contributed by atoms with Crippen molar-refractivity contribution < 1.29 is 19.1 Å². The first-order valence-electron chi connectivity index (χ1n) is 6.89. The molecule has 1 unspecified atom stereocenters. The van der Waals surface area contributed by atoms with Crippen LogP contribution in [-0.2, 0) is 20.7 Å². The smallest absolute Gasteiger partial charge is 0.328 e. The largest absolute Gasteiger partial charge is 0.497 e. The number of rotatable bonds is 6. The SMILES string of the molecule is COC(=O)C(NC(=O)Cc1ccc(OC)cc1C)C(C)C.